The highest BCUT2D eigenvalue weighted by Crippen LogP contribution is 2.35. The van der Waals surface area contributed by atoms with Crippen LogP contribution in [0.15, 0.2) is 54.7 Å². The van der Waals surface area contributed by atoms with Gasteiger partial charge in [0.1, 0.15) is 17.2 Å². The number of benzene rings is 2. The number of ether oxygens (including phenoxy) is 2. The second kappa shape index (κ2) is 7.97. The van der Waals surface area contributed by atoms with Crippen molar-refractivity contribution in [3.8, 4) is 28.4 Å². The molecular formula is C22H24N4O3. The van der Waals surface area contributed by atoms with Crippen LogP contribution < -0.4 is 15.2 Å². The first kappa shape index (κ1) is 19.0. The number of aromatic nitrogens is 2. The maximum atomic E-state index is 13.3. The Labute approximate surface area is 169 Å². The largest absolute Gasteiger partial charge is 0.497 e. The zero-order valence-corrected chi connectivity index (χ0v) is 16.5. The van der Waals surface area contributed by atoms with Crippen molar-refractivity contribution in [1.82, 2.24) is 14.7 Å². The third-order valence-electron chi connectivity index (χ3n) is 5.14. The predicted molar refractivity (Wildman–Crippen MR) is 111 cm³/mol. The van der Waals surface area contributed by atoms with Crippen LogP contribution in [-0.4, -0.2) is 53.9 Å². The topological polar surface area (TPSA) is 82.6 Å². The fourth-order valence-corrected chi connectivity index (χ4v) is 3.58. The minimum Gasteiger partial charge on any atom is -0.497 e. The molecule has 0 bridgehead atoms. The van der Waals surface area contributed by atoms with Gasteiger partial charge in [-0.05, 0) is 36.8 Å². The molecule has 2 N–H and O–H groups in total. The highest BCUT2D eigenvalue weighted by atomic mass is 16.5. The average molecular weight is 392 g/mol. The van der Waals surface area contributed by atoms with Gasteiger partial charge >= 0.3 is 0 Å². The predicted octanol–water partition coefficient (Wildman–Crippen LogP) is 2.73. The van der Waals surface area contributed by atoms with Crippen LogP contribution >= 0.6 is 0 Å². The van der Waals surface area contributed by atoms with Crippen molar-refractivity contribution >= 4 is 5.91 Å². The summed E-state index contributed by atoms with van der Waals surface area (Å²) in [6, 6.07) is 15.2. The molecule has 2 heterocycles. The van der Waals surface area contributed by atoms with Gasteiger partial charge in [0.05, 0.1) is 25.5 Å². The number of nitrogens with zero attached hydrogens (tertiary/aromatic N) is 3. The van der Waals surface area contributed by atoms with Crippen LogP contribution in [0.5, 0.6) is 11.5 Å². The number of para-hydroxylation sites is 1. The summed E-state index contributed by atoms with van der Waals surface area (Å²) < 4.78 is 12.6. The summed E-state index contributed by atoms with van der Waals surface area (Å²) in [7, 11) is 3.20. The first-order valence-electron chi connectivity index (χ1n) is 9.53. The van der Waals surface area contributed by atoms with E-state index in [1.165, 1.54) is 0 Å². The molecule has 29 heavy (non-hydrogen) atoms. The van der Waals surface area contributed by atoms with Crippen LogP contribution in [-0.2, 0) is 0 Å². The van der Waals surface area contributed by atoms with Gasteiger partial charge in [0.15, 0.2) is 0 Å². The van der Waals surface area contributed by atoms with Crippen molar-refractivity contribution in [3.05, 3.63) is 60.3 Å². The lowest BCUT2D eigenvalue weighted by Gasteiger charge is -2.16. The van der Waals surface area contributed by atoms with Crippen molar-refractivity contribution in [2.75, 3.05) is 27.3 Å². The summed E-state index contributed by atoms with van der Waals surface area (Å²) >= 11 is 0. The number of carbonyl (C=O) groups is 1. The Bertz CT molecular complexity index is 1020. The normalized spacial score (nSPS) is 16.1. The molecule has 0 aliphatic carbocycles. The SMILES string of the molecule is COc1ccc(OC)c(-c2nn(-c3ccccc3)cc2C(=O)N2CC[C@@H](N)C2)c1. The molecule has 0 unspecified atom stereocenters. The fourth-order valence-electron chi connectivity index (χ4n) is 3.58. The van der Waals surface area contributed by atoms with Gasteiger partial charge in [-0.25, -0.2) is 4.68 Å². The Hall–Kier alpha value is -3.32. The van der Waals surface area contributed by atoms with E-state index in [0.29, 0.717) is 41.4 Å². The number of likely N-dealkylation sites (tertiary alicyclic amines) is 1. The maximum Gasteiger partial charge on any atom is 0.257 e. The van der Waals surface area contributed by atoms with E-state index < -0.39 is 0 Å². The summed E-state index contributed by atoms with van der Waals surface area (Å²) in [6.45, 7) is 1.19. The van der Waals surface area contributed by atoms with E-state index in [1.807, 2.05) is 48.5 Å². The van der Waals surface area contributed by atoms with Crippen molar-refractivity contribution < 1.29 is 14.3 Å². The van der Waals surface area contributed by atoms with Crippen LogP contribution in [0.2, 0.25) is 0 Å². The summed E-state index contributed by atoms with van der Waals surface area (Å²) in [6.07, 6.45) is 2.58. The van der Waals surface area contributed by atoms with Crippen LogP contribution in [0.25, 0.3) is 16.9 Å². The molecule has 150 valence electrons. The van der Waals surface area contributed by atoms with Gasteiger partial charge in [0.25, 0.3) is 5.91 Å². The van der Waals surface area contributed by atoms with Gasteiger partial charge in [-0.3, -0.25) is 4.79 Å². The number of methoxy groups -OCH3 is 2. The van der Waals surface area contributed by atoms with Crippen LogP contribution in [0.3, 0.4) is 0 Å². The second-order valence-corrected chi connectivity index (χ2v) is 7.04. The van der Waals surface area contributed by atoms with E-state index in [1.54, 1.807) is 30.0 Å². The number of rotatable bonds is 5. The van der Waals surface area contributed by atoms with E-state index in [0.717, 1.165) is 12.1 Å². The molecule has 1 amide bonds. The molecule has 7 heteroatoms. The number of carbonyl (C=O) groups excluding carboxylic acids is 1. The lowest BCUT2D eigenvalue weighted by atomic mass is 10.1. The van der Waals surface area contributed by atoms with Gasteiger partial charge in [0.2, 0.25) is 0 Å². The lowest BCUT2D eigenvalue weighted by Crippen LogP contribution is -2.32. The smallest absolute Gasteiger partial charge is 0.257 e. The number of hydrogen-bond donors (Lipinski definition) is 1. The molecule has 1 aliphatic heterocycles. The molecule has 2 aromatic carbocycles. The molecular weight excluding hydrogens is 368 g/mol. The third-order valence-corrected chi connectivity index (χ3v) is 5.14. The Morgan fingerprint density at radius 2 is 1.93 bits per heavy atom. The summed E-state index contributed by atoms with van der Waals surface area (Å²) in [5.74, 6) is 1.20. The van der Waals surface area contributed by atoms with Crippen molar-refractivity contribution in [2.24, 2.45) is 5.73 Å². The van der Waals surface area contributed by atoms with Gasteiger partial charge in [-0.1, -0.05) is 18.2 Å². The molecule has 0 saturated carbocycles. The van der Waals surface area contributed by atoms with Crippen LogP contribution in [0.4, 0.5) is 0 Å². The number of nitrogens with two attached hydrogens (primary N) is 1. The zero-order chi connectivity index (χ0) is 20.4. The standard InChI is InChI=1S/C22H24N4O3/c1-28-17-8-9-20(29-2)18(12-17)21-19(22(27)25-11-10-15(23)13-25)14-26(24-21)16-6-4-3-5-7-16/h3-9,12,14-15H,10-11,13,23H2,1-2H3/t15-/m1/s1. The Morgan fingerprint density at radius 3 is 2.59 bits per heavy atom. The molecule has 1 aromatic heterocycles. The van der Waals surface area contributed by atoms with E-state index >= 15 is 0 Å². The monoisotopic (exact) mass is 392 g/mol. The van der Waals surface area contributed by atoms with Crippen molar-refractivity contribution in [2.45, 2.75) is 12.5 Å². The van der Waals surface area contributed by atoms with Gasteiger partial charge in [-0.2, -0.15) is 5.10 Å². The van der Waals surface area contributed by atoms with Gasteiger partial charge in [-0.15, -0.1) is 0 Å². The van der Waals surface area contributed by atoms with E-state index in [2.05, 4.69) is 0 Å². The number of hydrogen-bond acceptors (Lipinski definition) is 5. The van der Waals surface area contributed by atoms with Crippen LogP contribution in [0.1, 0.15) is 16.8 Å². The molecule has 0 spiro atoms. The van der Waals surface area contributed by atoms with Gasteiger partial charge in [0, 0.05) is 30.9 Å². The lowest BCUT2D eigenvalue weighted by molar-refractivity contribution is 0.0791. The van der Waals surface area contributed by atoms with E-state index in [4.69, 9.17) is 20.3 Å². The first-order chi connectivity index (χ1) is 14.1. The summed E-state index contributed by atoms with van der Waals surface area (Å²) in [4.78, 5) is 15.1. The Balaban J connectivity index is 1.86. The summed E-state index contributed by atoms with van der Waals surface area (Å²) in [5, 5.41) is 4.75. The Morgan fingerprint density at radius 1 is 1.14 bits per heavy atom. The fraction of sp³-hybridized carbons (Fsp3) is 0.273. The van der Waals surface area contributed by atoms with Crippen LogP contribution in [0, 0.1) is 0 Å². The molecule has 1 atom stereocenters. The highest BCUT2D eigenvalue weighted by Gasteiger charge is 2.29. The molecule has 1 fully saturated rings. The molecule has 7 nitrogen and oxygen atoms in total. The third kappa shape index (κ3) is 3.69. The molecule has 0 radical (unpaired) electrons. The molecule has 3 aromatic rings. The zero-order valence-electron chi connectivity index (χ0n) is 16.5. The highest BCUT2D eigenvalue weighted by molar-refractivity contribution is 6.00. The minimum absolute atomic E-state index is 0.0120. The quantitative estimate of drug-likeness (QED) is 0.722. The molecule has 1 saturated heterocycles. The Kier molecular flexibility index (Phi) is 5.22. The average Bonchev–Trinajstić information content (AvgIpc) is 3.40. The van der Waals surface area contributed by atoms with Gasteiger partial charge < -0.3 is 20.1 Å². The second-order valence-electron chi connectivity index (χ2n) is 7.04. The molecule has 1 aliphatic rings. The minimum atomic E-state index is -0.0833. The van der Waals surface area contributed by atoms with E-state index in [-0.39, 0.29) is 11.9 Å². The van der Waals surface area contributed by atoms with Crippen molar-refractivity contribution in [1.29, 1.82) is 0 Å². The van der Waals surface area contributed by atoms with E-state index in [9.17, 15) is 4.79 Å². The first-order valence-corrected chi connectivity index (χ1v) is 9.53. The molecule has 4 rings (SSSR count). The number of amides is 1. The maximum absolute atomic E-state index is 13.3. The summed E-state index contributed by atoms with van der Waals surface area (Å²) in [5.41, 5.74) is 8.65. The van der Waals surface area contributed by atoms with Crippen molar-refractivity contribution in [3.63, 3.8) is 0 Å².